The predicted octanol–water partition coefficient (Wildman–Crippen LogP) is 4.37. The number of ether oxygens (including phenoxy) is 3. The third kappa shape index (κ3) is 5.92. The lowest BCUT2D eigenvalue weighted by Gasteiger charge is -2.14. The molecule has 2 aromatic carbocycles. The van der Waals surface area contributed by atoms with E-state index < -0.39 is 12.7 Å². The van der Waals surface area contributed by atoms with E-state index in [2.05, 4.69) is 9.72 Å². The summed E-state index contributed by atoms with van der Waals surface area (Å²) in [6, 6.07) is 16.6. The molecule has 3 aromatic rings. The van der Waals surface area contributed by atoms with Crippen molar-refractivity contribution < 1.29 is 28.1 Å². The highest BCUT2D eigenvalue weighted by atomic mass is 19.3. The van der Waals surface area contributed by atoms with Gasteiger partial charge in [-0.25, -0.2) is 0 Å². The molecule has 28 heavy (non-hydrogen) atoms. The Balaban J connectivity index is 1.47. The molecule has 1 atom stereocenters. The number of hydrogen-bond acceptors (Lipinski definition) is 5. The Hall–Kier alpha value is -3.19. The van der Waals surface area contributed by atoms with Crippen molar-refractivity contribution in [1.29, 1.82) is 0 Å². The maximum Gasteiger partial charge on any atom is 0.387 e. The van der Waals surface area contributed by atoms with Crippen LogP contribution >= 0.6 is 0 Å². The Kier molecular flexibility index (Phi) is 6.75. The Morgan fingerprint density at radius 2 is 1.36 bits per heavy atom. The van der Waals surface area contributed by atoms with Crippen LogP contribution in [-0.4, -0.2) is 23.3 Å². The molecule has 0 aliphatic heterocycles. The second kappa shape index (κ2) is 9.66. The van der Waals surface area contributed by atoms with Gasteiger partial charge in [0, 0.05) is 12.4 Å². The first-order valence-electron chi connectivity index (χ1n) is 8.57. The average Bonchev–Trinajstić information content (AvgIpc) is 2.72. The Morgan fingerprint density at radius 3 is 1.96 bits per heavy atom. The van der Waals surface area contributed by atoms with Gasteiger partial charge in [-0.15, -0.1) is 0 Å². The summed E-state index contributed by atoms with van der Waals surface area (Å²) < 4.78 is 39.8. The fourth-order valence-corrected chi connectivity index (χ4v) is 2.42. The van der Waals surface area contributed by atoms with Gasteiger partial charge in [-0.3, -0.25) is 4.98 Å². The van der Waals surface area contributed by atoms with Gasteiger partial charge in [0.2, 0.25) is 0 Å². The Labute approximate surface area is 161 Å². The Morgan fingerprint density at radius 1 is 0.786 bits per heavy atom. The number of benzene rings is 2. The van der Waals surface area contributed by atoms with Crippen molar-refractivity contribution in [3.63, 3.8) is 0 Å². The highest BCUT2D eigenvalue weighted by Gasteiger charge is 2.10. The smallest absolute Gasteiger partial charge is 0.387 e. The van der Waals surface area contributed by atoms with Gasteiger partial charge in [-0.2, -0.15) is 8.78 Å². The minimum absolute atomic E-state index is 0.0201. The van der Waals surface area contributed by atoms with Crippen LogP contribution in [0.4, 0.5) is 8.78 Å². The van der Waals surface area contributed by atoms with Gasteiger partial charge in [0.05, 0.1) is 0 Å². The zero-order chi connectivity index (χ0) is 19.8. The SMILES string of the molecule is OC(COc1ccc(OCc2ccncc2)cc1)c1ccc(OC(F)F)cc1. The van der Waals surface area contributed by atoms with Crippen LogP contribution in [0.3, 0.4) is 0 Å². The molecule has 146 valence electrons. The normalized spacial score (nSPS) is 11.9. The van der Waals surface area contributed by atoms with Crippen LogP contribution in [0.2, 0.25) is 0 Å². The molecule has 0 fully saturated rings. The van der Waals surface area contributed by atoms with Crippen LogP contribution in [0.25, 0.3) is 0 Å². The molecule has 0 saturated heterocycles. The van der Waals surface area contributed by atoms with Crippen molar-refractivity contribution in [2.75, 3.05) is 6.61 Å². The van der Waals surface area contributed by atoms with E-state index in [4.69, 9.17) is 9.47 Å². The van der Waals surface area contributed by atoms with Crippen LogP contribution in [0.15, 0.2) is 73.1 Å². The molecule has 5 nitrogen and oxygen atoms in total. The molecule has 1 aromatic heterocycles. The fraction of sp³-hybridized carbons (Fsp3) is 0.190. The second-order valence-corrected chi connectivity index (χ2v) is 5.89. The molecule has 0 radical (unpaired) electrons. The summed E-state index contributed by atoms with van der Waals surface area (Å²) in [7, 11) is 0. The van der Waals surface area contributed by atoms with E-state index in [9.17, 15) is 13.9 Å². The maximum absolute atomic E-state index is 12.1. The van der Waals surface area contributed by atoms with Gasteiger partial charge in [-0.05, 0) is 59.7 Å². The number of aliphatic hydroxyl groups is 1. The maximum atomic E-state index is 12.1. The first-order chi connectivity index (χ1) is 13.6. The average molecular weight is 387 g/mol. The third-order valence-electron chi connectivity index (χ3n) is 3.88. The molecule has 3 rings (SSSR count). The largest absolute Gasteiger partial charge is 0.491 e. The number of aliphatic hydroxyl groups excluding tert-OH is 1. The van der Waals surface area contributed by atoms with Gasteiger partial charge in [0.25, 0.3) is 0 Å². The number of alkyl halides is 2. The second-order valence-electron chi connectivity index (χ2n) is 5.89. The van der Waals surface area contributed by atoms with Crippen molar-refractivity contribution in [3.8, 4) is 17.2 Å². The van der Waals surface area contributed by atoms with Crippen LogP contribution in [-0.2, 0) is 6.61 Å². The highest BCUT2D eigenvalue weighted by Crippen LogP contribution is 2.22. The van der Waals surface area contributed by atoms with Gasteiger partial charge < -0.3 is 19.3 Å². The van der Waals surface area contributed by atoms with Crippen LogP contribution in [0.5, 0.6) is 17.2 Å². The highest BCUT2D eigenvalue weighted by molar-refractivity contribution is 5.32. The topological polar surface area (TPSA) is 60.8 Å². The number of pyridine rings is 1. The molecule has 7 heteroatoms. The predicted molar refractivity (Wildman–Crippen MR) is 98.5 cm³/mol. The summed E-state index contributed by atoms with van der Waals surface area (Å²) >= 11 is 0. The van der Waals surface area contributed by atoms with Crippen molar-refractivity contribution in [2.45, 2.75) is 19.3 Å². The van der Waals surface area contributed by atoms with Crippen molar-refractivity contribution in [1.82, 2.24) is 4.98 Å². The standard InChI is InChI=1S/C21H19F2NO4/c22-21(23)28-19-3-1-16(2-4-19)20(25)14-27-18-7-5-17(6-8-18)26-13-15-9-11-24-12-10-15/h1-12,20-21,25H,13-14H2. The molecule has 0 bridgehead atoms. The Bertz CT molecular complexity index is 843. The summed E-state index contributed by atoms with van der Waals surface area (Å²) in [5.74, 6) is 1.31. The zero-order valence-electron chi connectivity index (χ0n) is 14.9. The number of rotatable bonds is 9. The van der Waals surface area contributed by atoms with Crippen LogP contribution in [0.1, 0.15) is 17.2 Å². The minimum atomic E-state index is -2.88. The van der Waals surface area contributed by atoms with Gasteiger partial charge in [-0.1, -0.05) is 12.1 Å². The first-order valence-corrected chi connectivity index (χ1v) is 8.57. The molecule has 1 unspecified atom stereocenters. The van der Waals surface area contributed by atoms with Crippen LogP contribution < -0.4 is 14.2 Å². The first kappa shape index (κ1) is 19.6. The molecule has 1 N–H and O–H groups in total. The van der Waals surface area contributed by atoms with Gasteiger partial charge in [0.1, 0.15) is 36.6 Å². The van der Waals surface area contributed by atoms with Gasteiger partial charge in [0.15, 0.2) is 0 Å². The molecule has 0 spiro atoms. The lowest BCUT2D eigenvalue weighted by atomic mass is 10.1. The number of hydrogen-bond donors (Lipinski definition) is 1. The molecule has 0 saturated carbocycles. The summed E-state index contributed by atoms with van der Waals surface area (Å²) in [4.78, 5) is 3.96. The quantitative estimate of drug-likeness (QED) is 0.591. The molecular weight excluding hydrogens is 368 g/mol. The van der Waals surface area contributed by atoms with Crippen molar-refractivity contribution in [3.05, 3.63) is 84.2 Å². The van der Waals surface area contributed by atoms with Crippen molar-refractivity contribution in [2.24, 2.45) is 0 Å². The lowest BCUT2D eigenvalue weighted by Crippen LogP contribution is -2.10. The molecule has 1 heterocycles. The molecule has 0 aliphatic rings. The van der Waals surface area contributed by atoms with E-state index in [0.29, 0.717) is 23.7 Å². The third-order valence-corrected chi connectivity index (χ3v) is 3.88. The van der Waals surface area contributed by atoms with E-state index in [-0.39, 0.29) is 12.4 Å². The number of aromatic nitrogens is 1. The monoisotopic (exact) mass is 387 g/mol. The van der Waals surface area contributed by atoms with E-state index in [1.165, 1.54) is 24.3 Å². The van der Waals surface area contributed by atoms with E-state index in [0.717, 1.165) is 5.56 Å². The van der Waals surface area contributed by atoms with Gasteiger partial charge >= 0.3 is 6.61 Å². The van der Waals surface area contributed by atoms with E-state index >= 15 is 0 Å². The number of halogens is 2. The summed E-state index contributed by atoms with van der Waals surface area (Å²) in [5, 5.41) is 10.2. The van der Waals surface area contributed by atoms with E-state index in [1.807, 2.05) is 12.1 Å². The summed E-state index contributed by atoms with van der Waals surface area (Å²) in [6.45, 7) is -2.42. The molecular formula is C21H19F2NO4. The number of nitrogens with zero attached hydrogens (tertiary/aromatic N) is 1. The van der Waals surface area contributed by atoms with E-state index in [1.54, 1.807) is 36.7 Å². The van der Waals surface area contributed by atoms with Crippen molar-refractivity contribution >= 4 is 0 Å². The molecule has 0 amide bonds. The molecule has 0 aliphatic carbocycles. The fourth-order valence-electron chi connectivity index (χ4n) is 2.42. The summed E-state index contributed by atoms with van der Waals surface area (Å²) in [5.41, 5.74) is 1.56. The summed E-state index contributed by atoms with van der Waals surface area (Å²) in [6.07, 6.45) is 2.52. The van der Waals surface area contributed by atoms with Crippen LogP contribution in [0, 0.1) is 0 Å². The minimum Gasteiger partial charge on any atom is -0.491 e. The zero-order valence-corrected chi connectivity index (χ0v) is 14.9. The lowest BCUT2D eigenvalue weighted by molar-refractivity contribution is -0.0498.